The summed E-state index contributed by atoms with van der Waals surface area (Å²) < 4.78 is 35.0. The molecule has 0 spiro atoms. The number of aryl methyl sites for hydroxylation is 2. The molecule has 180 valence electrons. The van der Waals surface area contributed by atoms with Crippen LogP contribution in [0.2, 0.25) is 0 Å². The molecule has 0 saturated carbocycles. The lowest BCUT2D eigenvalue weighted by atomic mass is 10.0. The summed E-state index contributed by atoms with van der Waals surface area (Å²) in [6.45, 7) is 2.82. The standard InChI is InChI=1S/C25H30N4O4S/c1-18-7-12-21(34(31,32)29-14-5-4-6-15-29)17-22(18)25(30)27-23(24-26-13-16-28(24)2)19-8-10-20(33-3)11-9-19/h7-13,16-17,23H,4-6,14-15H2,1-3H3,(H,27,30)/t23-/m0/s1. The number of methoxy groups -OCH3 is 1. The molecule has 1 saturated heterocycles. The fourth-order valence-corrected chi connectivity index (χ4v) is 5.76. The zero-order chi connectivity index (χ0) is 24.3. The van der Waals surface area contributed by atoms with Crippen LogP contribution in [0.5, 0.6) is 5.75 Å². The summed E-state index contributed by atoms with van der Waals surface area (Å²) in [6, 6.07) is 11.6. The Hall–Kier alpha value is -3.17. The number of piperidine rings is 1. The Balaban J connectivity index is 1.66. The molecule has 2 aromatic carbocycles. The van der Waals surface area contributed by atoms with Gasteiger partial charge in [0.05, 0.1) is 12.0 Å². The Kier molecular flexibility index (Phi) is 7.04. The van der Waals surface area contributed by atoms with E-state index in [1.165, 1.54) is 10.4 Å². The second-order valence-corrected chi connectivity index (χ2v) is 10.5. The molecule has 8 nitrogen and oxygen atoms in total. The second kappa shape index (κ2) is 9.99. The molecule has 0 unspecified atom stereocenters. The van der Waals surface area contributed by atoms with E-state index < -0.39 is 16.1 Å². The van der Waals surface area contributed by atoms with Crippen LogP contribution in [-0.4, -0.2) is 48.4 Å². The van der Waals surface area contributed by atoms with Gasteiger partial charge < -0.3 is 14.6 Å². The number of aromatic nitrogens is 2. The summed E-state index contributed by atoms with van der Waals surface area (Å²) in [6.07, 6.45) is 6.23. The van der Waals surface area contributed by atoms with E-state index in [1.54, 1.807) is 32.4 Å². The van der Waals surface area contributed by atoms with Crippen molar-refractivity contribution in [1.82, 2.24) is 19.2 Å². The first-order valence-electron chi connectivity index (χ1n) is 11.3. The first kappa shape index (κ1) is 24.0. The van der Waals surface area contributed by atoms with E-state index in [4.69, 9.17) is 4.74 Å². The van der Waals surface area contributed by atoms with Gasteiger partial charge in [0.1, 0.15) is 17.6 Å². The van der Waals surface area contributed by atoms with Crippen molar-refractivity contribution in [3.63, 3.8) is 0 Å². The zero-order valence-corrected chi connectivity index (χ0v) is 20.5. The molecule has 2 heterocycles. The number of nitrogens with one attached hydrogen (secondary N) is 1. The van der Waals surface area contributed by atoms with Crippen LogP contribution in [0.3, 0.4) is 0 Å². The Morgan fingerprint density at radius 3 is 2.41 bits per heavy atom. The van der Waals surface area contributed by atoms with E-state index in [9.17, 15) is 13.2 Å². The van der Waals surface area contributed by atoms with Crippen molar-refractivity contribution in [3.8, 4) is 5.75 Å². The van der Waals surface area contributed by atoms with Crippen molar-refractivity contribution < 1.29 is 17.9 Å². The molecule has 0 bridgehead atoms. The maximum absolute atomic E-state index is 13.5. The number of carbonyl (C=O) groups is 1. The van der Waals surface area contributed by atoms with Gasteiger partial charge in [0.15, 0.2) is 0 Å². The summed E-state index contributed by atoms with van der Waals surface area (Å²) in [7, 11) is -0.189. The average molecular weight is 483 g/mol. The van der Waals surface area contributed by atoms with Crippen LogP contribution >= 0.6 is 0 Å². The second-order valence-electron chi connectivity index (χ2n) is 8.52. The van der Waals surface area contributed by atoms with Crippen molar-refractivity contribution in [2.75, 3.05) is 20.2 Å². The van der Waals surface area contributed by atoms with E-state index in [-0.39, 0.29) is 10.8 Å². The minimum atomic E-state index is -3.65. The molecule has 1 N–H and O–H groups in total. The fourth-order valence-electron chi connectivity index (χ4n) is 4.22. The summed E-state index contributed by atoms with van der Waals surface area (Å²) in [5.41, 5.74) is 1.85. The van der Waals surface area contributed by atoms with E-state index in [2.05, 4.69) is 10.3 Å². The minimum Gasteiger partial charge on any atom is -0.497 e. The Morgan fingerprint density at radius 1 is 1.09 bits per heavy atom. The number of hydrogen-bond donors (Lipinski definition) is 1. The Labute approximate surface area is 200 Å². The highest BCUT2D eigenvalue weighted by Crippen LogP contribution is 2.26. The number of amides is 1. The predicted molar refractivity (Wildman–Crippen MR) is 129 cm³/mol. The normalized spacial score (nSPS) is 15.6. The van der Waals surface area contributed by atoms with Gasteiger partial charge in [-0.25, -0.2) is 13.4 Å². The summed E-state index contributed by atoms with van der Waals surface area (Å²) in [5.74, 6) is 1.01. The molecule has 0 aliphatic carbocycles. The first-order valence-corrected chi connectivity index (χ1v) is 12.8. The molecule has 1 aliphatic heterocycles. The Morgan fingerprint density at radius 2 is 1.79 bits per heavy atom. The number of carbonyl (C=O) groups excluding carboxylic acids is 1. The van der Waals surface area contributed by atoms with Gasteiger partial charge in [0.2, 0.25) is 10.0 Å². The maximum atomic E-state index is 13.5. The summed E-state index contributed by atoms with van der Waals surface area (Å²) >= 11 is 0. The van der Waals surface area contributed by atoms with Crippen molar-refractivity contribution in [1.29, 1.82) is 0 Å². The average Bonchev–Trinajstić information content (AvgIpc) is 3.28. The highest BCUT2D eigenvalue weighted by Gasteiger charge is 2.28. The SMILES string of the molecule is COc1ccc([C@H](NC(=O)c2cc(S(=O)(=O)N3CCCCC3)ccc2C)c2nccn2C)cc1. The number of imidazole rings is 1. The van der Waals surface area contributed by atoms with Crippen molar-refractivity contribution >= 4 is 15.9 Å². The quantitative estimate of drug-likeness (QED) is 0.557. The van der Waals surface area contributed by atoms with Gasteiger partial charge in [-0.15, -0.1) is 0 Å². The van der Waals surface area contributed by atoms with Crippen molar-refractivity contribution in [2.45, 2.75) is 37.1 Å². The fraction of sp³-hybridized carbons (Fsp3) is 0.360. The molecular weight excluding hydrogens is 452 g/mol. The van der Waals surface area contributed by atoms with Gasteiger partial charge in [-0.1, -0.05) is 24.6 Å². The lowest BCUT2D eigenvalue weighted by Gasteiger charge is -2.26. The van der Waals surface area contributed by atoms with Gasteiger partial charge in [-0.3, -0.25) is 4.79 Å². The van der Waals surface area contributed by atoms with E-state index >= 15 is 0 Å². The number of nitrogens with zero attached hydrogens (tertiary/aromatic N) is 3. The third kappa shape index (κ3) is 4.85. The van der Waals surface area contributed by atoms with Gasteiger partial charge in [0, 0.05) is 38.1 Å². The van der Waals surface area contributed by atoms with Gasteiger partial charge in [0.25, 0.3) is 5.91 Å². The first-order chi connectivity index (χ1) is 16.3. The van der Waals surface area contributed by atoms with Crippen LogP contribution in [-0.2, 0) is 17.1 Å². The zero-order valence-electron chi connectivity index (χ0n) is 19.7. The largest absolute Gasteiger partial charge is 0.497 e. The molecule has 1 aliphatic rings. The van der Waals surface area contributed by atoms with Crippen LogP contribution in [0.25, 0.3) is 0 Å². The van der Waals surface area contributed by atoms with Crippen LogP contribution < -0.4 is 10.1 Å². The van der Waals surface area contributed by atoms with E-state index in [0.29, 0.717) is 35.8 Å². The number of benzene rings is 2. The van der Waals surface area contributed by atoms with Gasteiger partial charge >= 0.3 is 0 Å². The van der Waals surface area contributed by atoms with Crippen LogP contribution in [0.1, 0.15) is 52.6 Å². The third-order valence-electron chi connectivity index (χ3n) is 6.25. The number of sulfonamides is 1. The summed E-state index contributed by atoms with van der Waals surface area (Å²) in [5, 5.41) is 3.06. The third-order valence-corrected chi connectivity index (χ3v) is 8.14. The maximum Gasteiger partial charge on any atom is 0.252 e. The molecular formula is C25H30N4O4S. The van der Waals surface area contributed by atoms with Crippen LogP contribution in [0.4, 0.5) is 0 Å². The topological polar surface area (TPSA) is 93.5 Å². The highest BCUT2D eigenvalue weighted by molar-refractivity contribution is 7.89. The predicted octanol–water partition coefficient (Wildman–Crippen LogP) is 3.43. The monoisotopic (exact) mass is 482 g/mol. The minimum absolute atomic E-state index is 0.142. The molecule has 1 atom stereocenters. The number of ether oxygens (including phenoxy) is 1. The summed E-state index contributed by atoms with van der Waals surface area (Å²) in [4.78, 5) is 18.0. The molecule has 1 aromatic heterocycles. The molecule has 1 amide bonds. The number of rotatable bonds is 7. The smallest absolute Gasteiger partial charge is 0.252 e. The lowest BCUT2D eigenvalue weighted by molar-refractivity contribution is 0.0940. The van der Waals surface area contributed by atoms with E-state index in [1.807, 2.05) is 42.1 Å². The van der Waals surface area contributed by atoms with Crippen molar-refractivity contribution in [3.05, 3.63) is 77.4 Å². The lowest BCUT2D eigenvalue weighted by Crippen LogP contribution is -2.36. The van der Waals surface area contributed by atoms with Crippen molar-refractivity contribution in [2.24, 2.45) is 7.05 Å². The van der Waals surface area contributed by atoms with Crippen LogP contribution in [0, 0.1) is 6.92 Å². The molecule has 0 radical (unpaired) electrons. The van der Waals surface area contributed by atoms with Crippen LogP contribution in [0.15, 0.2) is 59.8 Å². The molecule has 9 heteroatoms. The Bertz CT molecular complexity index is 1260. The van der Waals surface area contributed by atoms with Gasteiger partial charge in [-0.2, -0.15) is 4.31 Å². The van der Waals surface area contributed by atoms with Gasteiger partial charge in [-0.05, 0) is 55.2 Å². The van der Waals surface area contributed by atoms with E-state index in [0.717, 1.165) is 24.8 Å². The highest BCUT2D eigenvalue weighted by atomic mass is 32.2. The molecule has 34 heavy (non-hydrogen) atoms. The molecule has 4 rings (SSSR count). The molecule has 1 fully saturated rings. The molecule has 3 aromatic rings. The number of hydrogen-bond acceptors (Lipinski definition) is 5.